The molecule has 0 unspecified atom stereocenters. The van der Waals surface area contributed by atoms with E-state index in [0.717, 1.165) is 23.0 Å². The second-order valence-electron chi connectivity index (χ2n) is 11.5. The van der Waals surface area contributed by atoms with Gasteiger partial charge in [-0.2, -0.15) is 18.2 Å². The summed E-state index contributed by atoms with van der Waals surface area (Å²) in [4.78, 5) is 42.6. The molecule has 1 saturated heterocycles. The summed E-state index contributed by atoms with van der Waals surface area (Å²) in [6.07, 6.45) is -0.237. The minimum atomic E-state index is -5.00. The molecule has 0 spiro atoms. The fourth-order valence-corrected chi connectivity index (χ4v) is 7.04. The predicted octanol–water partition coefficient (Wildman–Crippen LogP) is 5.16. The summed E-state index contributed by atoms with van der Waals surface area (Å²) in [5.74, 6) is -1.69. The SMILES string of the molecule is C=CC(=O)N1CCN(c2nc(=O)n(-c3c(S(C)(=O)=O)ccnc3C3CC3)c3nc(-c4c(F)cccc4C(F)(F)F)c(Cl)cc23)[C@@H](C)C1. The lowest BCUT2D eigenvalue weighted by Gasteiger charge is -2.40. The molecular formula is C31H27ClF4N6O4S. The average molecular weight is 691 g/mol. The Morgan fingerprint density at radius 1 is 1.15 bits per heavy atom. The summed E-state index contributed by atoms with van der Waals surface area (Å²) >= 11 is 6.59. The van der Waals surface area contributed by atoms with E-state index in [2.05, 4.69) is 21.5 Å². The molecule has 1 amide bonds. The lowest BCUT2D eigenvalue weighted by molar-refractivity contribution is -0.137. The third-order valence-electron chi connectivity index (χ3n) is 8.25. The first-order valence-corrected chi connectivity index (χ1v) is 16.8. The van der Waals surface area contributed by atoms with Crippen molar-refractivity contribution in [2.75, 3.05) is 30.8 Å². The van der Waals surface area contributed by atoms with Gasteiger partial charge in [-0.3, -0.25) is 9.78 Å². The molecule has 1 aromatic carbocycles. The molecule has 4 heterocycles. The molecule has 1 saturated carbocycles. The number of benzene rings is 1. The number of pyridine rings is 2. The fraction of sp³-hybridized carbons (Fsp3) is 0.323. The van der Waals surface area contributed by atoms with E-state index >= 15 is 4.39 Å². The van der Waals surface area contributed by atoms with Crippen LogP contribution in [0.2, 0.25) is 5.02 Å². The molecule has 1 atom stereocenters. The van der Waals surface area contributed by atoms with Crippen LogP contribution in [0.4, 0.5) is 23.4 Å². The van der Waals surface area contributed by atoms with Gasteiger partial charge in [0.1, 0.15) is 11.6 Å². The molecule has 2 fully saturated rings. The maximum Gasteiger partial charge on any atom is 0.417 e. The molecule has 2 aliphatic rings. The van der Waals surface area contributed by atoms with Crippen molar-refractivity contribution in [3.63, 3.8) is 0 Å². The maximum atomic E-state index is 15.3. The van der Waals surface area contributed by atoms with Gasteiger partial charge in [0, 0.05) is 49.6 Å². The molecule has 3 aromatic heterocycles. The molecule has 10 nitrogen and oxygen atoms in total. The first-order valence-electron chi connectivity index (χ1n) is 14.5. The van der Waals surface area contributed by atoms with Crippen molar-refractivity contribution in [3.05, 3.63) is 81.8 Å². The van der Waals surface area contributed by atoms with Crippen LogP contribution < -0.4 is 10.6 Å². The number of carbonyl (C=O) groups excluding carboxylic acids is 1. The van der Waals surface area contributed by atoms with Crippen LogP contribution in [0, 0.1) is 5.82 Å². The summed E-state index contributed by atoms with van der Waals surface area (Å²) in [6, 6.07) is 4.47. The van der Waals surface area contributed by atoms with Gasteiger partial charge in [0.2, 0.25) is 5.91 Å². The number of alkyl halides is 3. The standard InChI is InChI=1S/C31H27ClF4N6O4S/c1-4-23(43)40-12-13-41(16(2)15-40)28-18-14-20(32)26(24-19(31(34,35)36)6-5-7-21(24)33)38-29(18)42(30(44)39-28)27-22(47(3,45)46)10-11-37-25(27)17-8-9-17/h4-7,10-11,14,16-17H,1,8-9,12-13,15H2,2-3H3/t16-/m0/s1. The number of piperazine rings is 1. The van der Waals surface area contributed by atoms with Crippen molar-refractivity contribution in [2.45, 2.75) is 42.8 Å². The Morgan fingerprint density at radius 3 is 2.49 bits per heavy atom. The molecule has 6 rings (SSSR count). The predicted molar refractivity (Wildman–Crippen MR) is 167 cm³/mol. The zero-order valence-corrected chi connectivity index (χ0v) is 26.6. The maximum absolute atomic E-state index is 15.3. The van der Waals surface area contributed by atoms with Gasteiger partial charge in [-0.05, 0) is 50.1 Å². The van der Waals surface area contributed by atoms with Crippen LogP contribution in [0.5, 0.6) is 0 Å². The van der Waals surface area contributed by atoms with Crippen LogP contribution in [0.3, 0.4) is 0 Å². The molecule has 1 aliphatic heterocycles. The molecule has 47 heavy (non-hydrogen) atoms. The zero-order valence-electron chi connectivity index (χ0n) is 25.1. The van der Waals surface area contributed by atoms with Gasteiger partial charge in [0.25, 0.3) is 0 Å². The normalized spacial score (nSPS) is 17.3. The van der Waals surface area contributed by atoms with E-state index in [1.807, 2.05) is 0 Å². The lowest BCUT2D eigenvalue weighted by Crippen LogP contribution is -2.54. The summed E-state index contributed by atoms with van der Waals surface area (Å²) in [6.45, 7) is 5.97. The number of fused-ring (bicyclic) bond motifs is 1. The average Bonchev–Trinajstić information content (AvgIpc) is 3.85. The van der Waals surface area contributed by atoms with E-state index in [0.29, 0.717) is 18.9 Å². The third-order valence-corrected chi connectivity index (χ3v) is 9.66. The smallest absolute Gasteiger partial charge is 0.350 e. The molecule has 4 aromatic rings. The Morgan fingerprint density at radius 2 is 1.87 bits per heavy atom. The Bertz CT molecular complexity index is 2140. The first-order chi connectivity index (χ1) is 22.1. The van der Waals surface area contributed by atoms with Crippen molar-refractivity contribution in [1.29, 1.82) is 0 Å². The van der Waals surface area contributed by atoms with E-state index in [-0.39, 0.29) is 69.6 Å². The van der Waals surface area contributed by atoms with Crippen molar-refractivity contribution in [2.24, 2.45) is 0 Å². The quantitative estimate of drug-likeness (QED) is 0.201. The van der Waals surface area contributed by atoms with E-state index < -0.39 is 50.4 Å². The van der Waals surface area contributed by atoms with Gasteiger partial charge in [-0.25, -0.2) is 27.2 Å². The second-order valence-corrected chi connectivity index (χ2v) is 13.9. The number of nitrogens with zero attached hydrogens (tertiary/aromatic N) is 6. The van der Waals surface area contributed by atoms with Crippen LogP contribution in [-0.2, 0) is 20.8 Å². The van der Waals surface area contributed by atoms with E-state index in [1.165, 1.54) is 24.4 Å². The lowest BCUT2D eigenvalue weighted by atomic mass is 10.0. The number of amides is 1. The van der Waals surface area contributed by atoms with Crippen LogP contribution >= 0.6 is 11.6 Å². The van der Waals surface area contributed by atoms with Gasteiger partial charge >= 0.3 is 11.9 Å². The van der Waals surface area contributed by atoms with Crippen molar-refractivity contribution in [3.8, 4) is 16.9 Å². The summed E-state index contributed by atoms with van der Waals surface area (Å²) in [7, 11) is -4.00. The van der Waals surface area contributed by atoms with E-state index in [4.69, 9.17) is 11.6 Å². The first kappa shape index (κ1) is 32.6. The molecule has 0 radical (unpaired) electrons. The number of halogens is 5. The number of rotatable bonds is 6. The fourth-order valence-electron chi connectivity index (χ4n) is 5.94. The van der Waals surface area contributed by atoms with Crippen molar-refractivity contribution < 1.29 is 30.8 Å². The highest BCUT2D eigenvalue weighted by Crippen LogP contribution is 2.45. The van der Waals surface area contributed by atoms with E-state index in [1.54, 1.807) is 16.7 Å². The highest BCUT2D eigenvalue weighted by molar-refractivity contribution is 7.90. The third kappa shape index (κ3) is 5.86. The Labute approximate surface area is 271 Å². The van der Waals surface area contributed by atoms with Crippen molar-refractivity contribution in [1.82, 2.24) is 24.4 Å². The summed E-state index contributed by atoms with van der Waals surface area (Å²) in [5.41, 5.74) is -4.04. The number of aromatic nitrogens is 4. The van der Waals surface area contributed by atoms with Crippen molar-refractivity contribution >= 4 is 44.2 Å². The molecule has 246 valence electrons. The molecule has 0 bridgehead atoms. The highest BCUT2D eigenvalue weighted by atomic mass is 35.5. The minimum Gasteiger partial charge on any atom is -0.350 e. The topological polar surface area (TPSA) is 118 Å². The van der Waals surface area contributed by atoms with Crippen LogP contribution in [0.25, 0.3) is 28.0 Å². The van der Waals surface area contributed by atoms with Crippen LogP contribution in [0.1, 0.15) is 36.9 Å². The zero-order chi connectivity index (χ0) is 34.0. The minimum absolute atomic E-state index is 0.0581. The van der Waals surface area contributed by atoms with Gasteiger partial charge in [0.05, 0.1) is 37.9 Å². The van der Waals surface area contributed by atoms with Crippen LogP contribution in [0.15, 0.2) is 58.9 Å². The molecular weight excluding hydrogens is 664 g/mol. The van der Waals surface area contributed by atoms with E-state index in [9.17, 15) is 31.2 Å². The largest absolute Gasteiger partial charge is 0.417 e. The molecule has 16 heteroatoms. The molecule has 1 aliphatic carbocycles. The number of sulfone groups is 1. The number of anilines is 1. The number of hydrogen-bond donors (Lipinski definition) is 0. The summed E-state index contributed by atoms with van der Waals surface area (Å²) in [5, 5.41) is -0.282. The van der Waals surface area contributed by atoms with Gasteiger partial charge in [-0.1, -0.05) is 24.2 Å². The highest BCUT2D eigenvalue weighted by Gasteiger charge is 2.38. The molecule has 0 N–H and O–H groups in total. The Hall–Kier alpha value is -4.37. The monoisotopic (exact) mass is 690 g/mol. The number of hydrogen-bond acceptors (Lipinski definition) is 8. The summed E-state index contributed by atoms with van der Waals surface area (Å²) < 4.78 is 84.7. The Balaban J connectivity index is 1.71. The van der Waals surface area contributed by atoms with Gasteiger partial charge in [-0.15, -0.1) is 0 Å². The number of carbonyl (C=O) groups is 1. The second kappa shape index (κ2) is 11.7. The Kier molecular flexibility index (Phi) is 8.11. The van der Waals surface area contributed by atoms with Gasteiger partial charge in [0.15, 0.2) is 15.5 Å². The van der Waals surface area contributed by atoms with Gasteiger partial charge < -0.3 is 9.80 Å². The van der Waals surface area contributed by atoms with Crippen LogP contribution in [-0.4, -0.2) is 70.7 Å².